The lowest BCUT2D eigenvalue weighted by Crippen LogP contribution is -2.39. The van der Waals surface area contributed by atoms with Gasteiger partial charge >= 0.3 is 6.18 Å². The minimum atomic E-state index is -4.50. The van der Waals surface area contributed by atoms with E-state index in [-0.39, 0.29) is 30.2 Å². The van der Waals surface area contributed by atoms with Crippen LogP contribution in [-0.2, 0) is 22.2 Å². The average Bonchev–Trinajstić information content (AvgIpc) is 2.97. The second-order valence-electron chi connectivity index (χ2n) is 5.97. The first-order valence-corrected chi connectivity index (χ1v) is 8.26. The number of anilines is 1. The number of carbonyl (C=O) groups excluding carboxylic acids is 2. The number of benzene rings is 1. The fourth-order valence-corrected chi connectivity index (χ4v) is 3.09. The maximum atomic E-state index is 12.8. The summed E-state index contributed by atoms with van der Waals surface area (Å²) in [5.41, 5.74) is -0.292. The summed E-state index contributed by atoms with van der Waals surface area (Å²) in [5, 5.41) is 0.497. The third kappa shape index (κ3) is 3.88. The number of amides is 1. The Labute approximate surface area is 152 Å². The van der Waals surface area contributed by atoms with Crippen LogP contribution < -0.4 is 4.90 Å². The van der Waals surface area contributed by atoms with Crippen LogP contribution in [-0.4, -0.2) is 22.7 Å². The molecule has 136 valence electrons. The SMILES string of the molecule is O=C(Cc1cc(C(F)(F)F)ccn1)[C@@H]1CCC(=O)N1c1ccc(Cl)cc1. The Kier molecular flexibility index (Phi) is 5.00. The molecule has 1 aliphatic heterocycles. The molecule has 3 rings (SSSR count). The molecule has 0 N–H and O–H groups in total. The van der Waals surface area contributed by atoms with E-state index in [0.717, 1.165) is 18.3 Å². The van der Waals surface area contributed by atoms with Gasteiger partial charge in [0.25, 0.3) is 0 Å². The monoisotopic (exact) mass is 382 g/mol. The fourth-order valence-electron chi connectivity index (χ4n) is 2.96. The summed E-state index contributed by atoms with van der Waals surface area (Å²) >= 11 is 5.84. The first kappa shape index (κ1) is 18.4. The molecular weight excluding hydrogens is 369 g/mol. The Morgan fingerprint density at radius 3 is 2.58 bits per heavy atom. The van der Waals surface area contributed by atoms with E-state index in [1.165, 1.54) is 4.90 Å². The molecule has 26 heavy (non-hydrogen) atoms. The van der Waals surface area contributed by atoms with Gasteiger partial charge in [-0.05, 0) is 42.8 Å². The third-order valence-electron chi connectivity index (χ3n) is 4.19. The Morgan fingerprint density at radius 2 is 1.92 bits per heavy atom. The molecule has 1 aliphatic rings. The first-order chi connectivity index (χ1) is 12.3. The highest BCUT2D eigenvalue weighted by atomic mass is 35.5. The normalized spacial score (nSPS) is 17.6. The predicted molar refractivity (Wildman–Crippen MR) is 89.9 cm³/mol. The number of alkyl halides is 3. The molecule has 2 aromatic rings. The van der Waals surface area contributed by atoms with Crippen LogP contribution in [0.2, 0.25) is 5.02 Å². The van der Waals surface area contributed by atoms with Crippen LogP contribution in [0.1, 0.15) is 24.1 Å². The van der Waals surface area contributed by atoms with Crippen LogP contribution in [0.3, 0.4) is 0 Å². The van der Waals surface area contributed by atoms with Gasteiger partial charge in [-0.1, -0.05) is 11.6 Å². The van der Waals surface area contributed by atoms with Crippen LogP contribution in [0, 0.1) is 0 Å². The van der Waals surface area contributed by atoms with E-state index in [1.54, 1.807) is 24.3 Å². The molecule has 1 atom stereocenters. The van der Waals surface area contributed by atoms with Crippen molar-refractivity contribution in [2.75, 3.05) is 4.90 Å². The quantitative estimate of drug-likeness (QED) is 0.801. The molecule has 1 fully saturated rings. The largest absolute Gasteiger partial charge is 0.416 e. The first-order valence-electron chi connectivity index (χ1n) is 7.88. The second kappa shape index (κ2) is 7.07. The molecule has 0 saturated carbocycles. The number of hydrogen-bond donors (Lipinski definition) is 0. The Morgan fingerprint density at radius 1 is 1.23 bits per heavy atom. The number of pyridine rings is 1. The number of halogens is 4. The van der Waals surface area contributed by atoms with Crippen molar-refractivity contribution in [3.63, 3.8) is 0 Å². The molecule has 1 aromatic heterocycles. The molecule has 2 heterocycles. The summed E-state index contributed by atoms with van der Waals surface area (Å²) < 4.78 is 38.4. The van der Waals surface area contributed by atoms with Gasteiger partial charge in [0.15, 0.2) is 5.78 Å². The van der Waals surface area contributed by atoms with Crippen LogP contribution in [0.25, 0.3) is 0 Å². The number of nitrogens with zero attached hydrogens (tertiary/aromatic N) is 2. The van der Waals surface area contributed by atoms with Gasteiger partial charge in [0.1, 0.15) is 0 Å². The van der Waals surface area contributed by atoms with Gasteiger partial charge in [-0.2, -0.15) is 13.2 Å². The molecule has 0 spiro atoms. The van der Waals surface area contributed by atoms with Crippen molar-refractivity contribution in [3.05, 3.63) is 58.9 Å². The van der Waals surface area contributed by atoms with Gasteiger partial charge in [0, 0.05) is 29.0 Å². The van der Waals surface area contributed by atoms with E-state index >= 15 is 0 Å². The summed E-state index contributed by atoms with van der Waals surface area (Å²) in [5.74, 6) is -0.555. The molecule has 1 saturated heterocycles. The fraction of sp³-hybridized carbons (Fsp3) is 0.278. The van der Waals surface area contributed by atoms with Crippen LogP contribution in [0.5, 0.6) is 0 Å². The molecule has 8 heteroatoms. The van der Waals surface area contributed by atoms with Crippen molar-refractivity contribution >= 4 is 29.0 Å². The number of rotatable bonds is 4. The van der Waals surface area contributed by atoms with Crippen molar-refractivity contribution in [1.29, 1.82) is 0 Å². The van der Waals surface area contributed by atoms with Gasteiger partial charge < -0.3 is 4.90 Å². The second-order valence-corrected chi connectivity index (χ2v) is 6.41. The van der Waals surface area contributed by atoms with Crippen molar-refractivity contribution in [2.45, 2.75) is 31.5 Å². The van der Waals surface area contributed by atoms with Gasteiger partial charge in [-0.15, -0.1) is 0 Å². The zero-order valence-electron chi connectivity index (χ0n) is 13.5. The Balaban J connectivity index is 1.80. The molecule has 0 bridgehead atoms. The van der Waals surface area contributed by atoms with E-state index in [0.29, 0.717) is 17.1 Å². The zero-order chi connectivity index (χ0) is 18.9. The van der Waals surface area contributed by atoms with Gasteiger partial charge in [0.05, 0.1) is 18.0 Å². The van der Waals surface area contributed by atoms with E-state index in [1.807, 2.05) is 0 Å². The molecule has 1 amide bonds. The Bertz CT molecular complexity index is 837. The summed E-state index contributed by atoms with van der Waals surface area (Å²) in [7, 11) is 0. The van der Waals surface area contributed by atoms with Crippen molar-refractivity contribution in [2.24, 2.45) is 0 Å². The maximum absolute atomic E-state index is 12.8. The maximum Gasteiger partial charge on any atom is 0.416 e. The molecule has 0 radical (unpaired) electrons. The van der Waals surface area contributed by atoms with Gasteiger partial charge in [-0.3, -0.25) is 14.6 Å². The summed E-state index contributed by atoms with van der Waals surface area (Å²) in [6, 6.07) is 7.48. The number of Topliss-reactive ketones (excluding diaryl/α,β-unsaturated/α-hetero) is 1. The Hall–Kier alpha value is -2.41. The molecule has 0 aliphatic carbocycles. The van der Waals surface area contributed by atoms with Crippen LogP contribution >= 0.6 is 11.6 Å². The predicted octanol–water partition coefficient (Wildman–Crippen LogP) is 4.06. The summed E-state index contributed by atoms with van der Waals surface area (Å²) in [6.07, 6.45) is -3.22. The topological polar surface area (TPSA) is 50.3 Å². The van der Waals surface area contributed by atoms with Crippen molar-refractivity contribution in [3.8, 4) is 0 Å². The molecule has 4 nitrogen and oxygen atoms in total. The number of hydrogen-bond acceptors (Lipinski definition) is 3. The van der Waals surface area contributed by atoms with E-state index in [4.69, 9.17) is 11.6 Å². The standard InChI is InChI=1S/C18H14ClF3N2O2/c19-12-1-3-14(4-2-12)24-15(5-6-17(24)26)16(25)10-13-9-11(7-8-23-13)18(20,21)22/h1-4,7-9,15H,5-6,10H2/t15-/m0/s1. The third-order valence-corrected chi connectivity index (χ3v) is 4.44. The minimum Gasteiger partial charge on any atom is -0.302 e. The van der Waals surface area contributed by atoms with E-state index in [2.05, 4.69) is 4.98 Å². The molecular formula is C18H14ClF3N2O2. The lowest BCUT2D eigenvalue weighted by molar-refractivity contribution is -0.137. The van der Waals surface area contributed by atoms with Gasteiger partial charge in [-0.25, -0.2) is 0 Å². The minimum absolute atomic E-state index is 0.0280. The number of aromatic nitrogens is 1. The highest BCUT2D eigenvalue weighted by molar-refractivity contribution is 6.30. The smallest absolute Gasteiger partial charge is 0.302 e. The van der Waals surface area contributed by atoms with Crippen molar-refractivity contribution < 1.29 is 22.8 Å². The lowest BCUT2D eigenvalue weighted by Gasteiger charge is -2.24. The average molecular weight is 383 g/mol. The van der Waals surface area contributed by atoms with Crippen LogP contribution in [0.4, 0.5) is 18.9 Å². The highest BCUT2D eigenvalue weighted by Crippen LogP contribution is 2.31. The zero-order valence-corrected chi connectivity index (χ0v) is 14.2. The summed E-state index contributed by atoms with van der Waals surface area (Å²) in [6.45, 7) is 0. The molecule has 0 unspecified atom stereocenters. The van der Waals surface area contributed by atoms with Crippen molar-refractivity contribution in [1.82, 2.24) is 4.98 Å². The highest BCUT2D eigenvalue weighted by Gasteiger charge is 2.37. The summed E-state index contributed by atoms with van der Waals surface area (Å²) in [4.78, 5) is 30.1. The van der Waals surface area contributed by atoms with E-state index in [9.17, 15) is 22.8 Å². The lowest BCUT2D eigenvalue weighted by atomic mass is 10.0. The number of carbonyl (C=O) groups is 2. The van der Waals surface area contributed by atoms with E-state index < -0.39 is 17.8 Å². The number of ketones is 1. The van der Waals surface area contributed by atoms with Crippen LogP contribution in [0.15, 0.2) is 42.6 Å². The molecule has 1 aromatic carbocycles. The van der Waals surface area contributed by atoms with Gasteiger partial charge in [0.2, 0.25) is 5.91 Å².